The van der Waals surface area contributed by atoms with Crippen LogP contribution < -0.4 is 10.1 Å². The van der Waals surface area contributed by atoms with E-state index >= 15 is 0 Å². The Labute approximate surface area is 185 Å². The van der Waals surface area contributed by atoms with E-state index in [4.69, 9.17) is 4.74 Å². The molecule has 1 fully saturated rings. The van der Waals surface area contributed by atoms with Gasteiger partial charge in [-0.2, -0.15) is 13.2 Å². The summed E-state index contributed by atoms with van der Waals surface area (Å²) in [5.74, 6) is 0.584. The highest BCUT2D eigenvalue weighted by molar-refractivity contribution is 7.07. The van der Waals surface area contributed by atoms with Crippen molar-refractivity contribution in [3.05, 3.63) is 76.4 Å². The molecule has 0 bridgehead atoms. The Morgan fingerprint density at radius 1 is 1.16 bits per heavy atom. The third kappa shape index (κ3) is 4.08. The number of aromatic amines is 1. The van der Waals surface area contributed by atoms with Gasteiger partial charge in [-0.15, -0.1) is 11.3 Å². The van der Waals surface area contributed by atoms with Gasteiger partial charge in [0, 0.05) is 22.5 Å². The number of nitrogens with zero attached hydrogens (tertiary/aromatic N) is 1. The van der Waals surface area contributed by atoms with Crippen LogP contribution in [0.2, 0.25) is 0 Å². The summed E-state index contributed by atoms with van der Waals surface area (Å²) in [5, 5.41) is 5.36. The molecule has 1 saturated carbocycles. The second kappa shape index (κ2) is 7.98. The number of nitrogens with one attached hydrogen (secondary N) is 2. The summed E-state index contributed by atoms with van der Waals surface area (Å²) < 4.78 is 44.3. The molecular formula is C23H18F3N3O2S. The molecule has 0 aliphatic heterocycles. The van der Waals surface area contributed by atoms with Crippen LogP contribution in [0.25, 0.3) is 10.9 Å². The molecule has 1 aliphatic rings. The maximum atomic E-state index is 12.7. The lowest BCUT2D eigenvalue weighted by Gasteiger charge is -2.35. The maximum Gasteiger partial charge on any atom is 0.416 e. The minimum absolute atomic E-state index is 0.00766. The van der Waals surface area contributed by atoms with Crippen molar-refractivity contribution in [1.29, 1.82) is 0 Å². The van der Waals surface area contributed by atoms with E-state index in [1.165, 1.54) is 11.3 Å². The Morgan fingerprint density at radius 2 is 1.94 bits per heavy atom. The summed E-state index contributed by atoms with van der Waals surface area (Å²) >= 11 is 1.35. The van der Waals surface area contributed by atoms with E-state index in [1.807, 2.05) is 18.2 Å². The first-order valence-electron chi connectivity index (χ1n) is 10.0. The lowest BCUT2D eigenvalue weighted by Crippen LogP contribution is -2.32. The van der Waals surface area contributed by atoms with E-state index in [0.29, 0.717) is 17.1 Å². The maximum absolute atomic E-state index is 12.7. The Balaban J connectivity index is 1.23. The number of benzene rings is 2. The van der Waals surface area contributed by atoms with Gasteiger partial charge < -0.3 is 15.0 Å². The molecule has 0 radical (unpaired) electrons. The van der Waals surface area contributed by atoms with Crippen molar-refractivity contribution in [1.82, 2.24) is 9.97 Å². The number of fused-ring (bicyclic) bond motifs is 1. The highest BCUT2D eigenvalue weighted by atomic mass is 32.1. The second-order valence-electron chi connectivity index (χ2n) is 7.77. The topological polar surface area (TPSA) is 67.0 Å². The molecule has 5 rings (SSSR count). The number of hydrogen-bond acceptors (Lipinski definition) is 4. The first-order chi connectivity index (χ1) is 15.4. The standard InChI is InChI=1S/C23H18F3N3O2S/c24-23(25,26)15-3-1-13(2-4-15)14-7-17(8-14)31-16-5-6-19-18(9-16)20(10-27-19)29-22(30)21-11-32-12-28-21/h1-6,9-12,14,17,27H,7-8H2,(H,29,30). The molecule has 4 aromatic rings. The van der Waals surface area contributed by atoms with Crippen LogP contribution in [-0.4, -0.2) is 22.0 Å². The molecule has 164 valence electrons. The van der Waals surface area contributed by atoms with Crippen LogP contribution in [0.15, 0.2) is 59.6 Å². The minimum Gasteiger partial charge on any atom is -0.490 e. The molecule has 0 unspecified atom stereocenters. The molecular weight excluding hydrogens is 439 g/mol. The van der Waals surface area contributed by atoms with Crippen molar-refractivity contribution < 1.29 is 22.7 Å². The van der Waals surface area contributed by atoms with Crippen LogP contribution in [0.3, 0.4) is 0 Å². The zero-order valence-electron chi connectivity index (χ0n) is 16.6. The van der Waals surface area contributed by atoms with Gasteiger partial charge in [-0.3, -0.25) is 4.79 Å². The average molecular weight is 457 g/mol. The predicted octanol–water partition coefficient (Wildman–Crippen LogP) is 6.22. The molecule has 0 spiro atoms. The van der Waals surface area contributed by atoms with Gasteiger partial charge in [0.15, 0.2) is 0 Å². The van der Waals surface area contributed by atoms with Crippen LogP contribution >= 0.6 is 11.3 Å². The van der Waals surface area contributed by atoms with Crippen molar-refractivity contribution in [2.24, 2.45) is 0 Å². The van der Waals surface area contributed by atoms with Crippen LogP contribution in [-0.2, 0) is 6.18 Å². The first-order valence-corrected chi connectivity index (χ1v) is 11.0. The van der Waals surface area contributed by atoms with Gasteiger partial charge in [-0.25, -0.2) is 4.98 Å². The number of carbonyl (C=O) groups is 1. The smallest absolute Gasteiger partial charge is 0.416 e. The van der Waals surface area contributed by atoms with Crippen molar-refractivity contribution in [2.75, 3.05) is 5.32 Å². The highest BCUT2D eigenvalue weighted by Gasteiger charge is 2.34. The summed E-state index contributed by atoms with van der Waals surface area (Å²) in [6, 6.07) is 11.0. The zero-order valence-corrected chi connectivity index (χ0v) is 17.5. The molecule has 1 amide bonds. The van der Waals surface area contributed by atoms with E-state index in [1.54, 1.807) is 29.2 Å². The number of aromatic nitrogens is 2. The molecule has 2 heterocycles. The number of anilines is 1. The molecule has 0 saturated heterocycles. The fraction of sp³-hybridized carbons (Fsp3) is 0.217. The normalized spacial score (nSPS) is 18.3. The number of halogens is 3. The average Bonchev–Trinajstić information content (AvgIpc) is 3.40. The Kier molecular flexibility index (Phi) is 5.13. The van der Waals surface area contributed by atoms with Gasteiger partial charge in [0.05, 0.1) is 22.9 Å². The third-order valence-corrected chi connectivity index (χ3v) is 6.26. The van der Waals surface area contributed by atoms with E-state index in [0.717, 1.165) is 41.4 Å². The Hall–Kier alpha value is -3.33. The van der Waals surface area contributed by atoms with Gasteiger partial charge >= 0.3 is 6.18 Å². The van der Waals surface area contributed by atoms with Crippen molar-refractivity contribution in [3.8, 4) is 5.75 Å². The largest absolute Gasteiger partial charge is 0.490 e. The molecule has 1 aliphatic carbocycles. The Morgan fingerprint density at radius 3 is 2.62 bits per heavy atom. The number of carbonyl (C=O) groups excluding carboxylic acids is 1. The molecule has 9 heteroatoms. The second-order valence-corrected chi connectivity index (χ2v) is 8.48. The van der Waals surface area contributed by atoms with Gasteiger partial charge in [-0.1, -0.05) is 12.1 Å². The van der Waals surface area contributed by atoms with Crippen LogP contribution in [0.1, 0.15) is 40.4 Å². The number of ether oxygens (including phenoxy) is 1. The minimum atomic E-state index is -4.32. The quantitative estimate of drug-likeness (QED) is 0.374. The number of thiazole rings is 1. The summed E-state index contributed by atoms with van der Waals surface area (Å²) in [6.07, 6.45) is -1.12. The number of H-pyrrole nitrogens is 1. The number of rotatable bonds is 5. The fourth-order valence-electron chi connectivity index (χ4n) is 3.86. The van der Waals surface area contributed by atoms with Crippen molar-refractivity contribution >= 4 is 33.8 Å². The monoisotopic (exact) mass is 457 g/mol. The highest BCUT2D eigenvalue weighted by Crippen LogP contribution is 2.41. The molecule has 2 N–H and O–H groups in total. The van der Waals surface area contributed by atoms with Crippen molar-refractivity contribution in [2.45, 2.75) is 31.0 Å². The third-order valence-electron chi connectivity index (χ3n) is 5.67. The first kappa shape index (κ1) is 20.6. The lowest BCUT2D eigenvalue weighted by molar-refractivity contribution is -0.137. The molecule has 2 aromatic heterocycles. The van der Waals surface area contributed by atoms with Crippen LogP contribution in [0.5, 0.6) is 5.75 Å². The van der Waals surface area contributed by atoms with Gasteiger partial charge in [0.1, 0.15) is 11.4 Å². The number of amides is 1. The zero-order chi connectivity index (χ0) is 22.3. The van der Waals surface area contributed by atoms with Crippen LogP contribution in [0, 0.1) is 0 Å². The van der Waals surface area contributed by atoms with E-state index in [-0.39, 0.29) is 17.9 Å². The van der Waals surface area contributed by atoms with Gasteiger partial charge in [0.2, 0.25) is 0 Å². The molecule has 5 nitrogen and oxygen atoms in total. The predicted molar refractivity (Wildman–Crippen MR) is 116 cm³/mol. The van der Waals surface area contributed by atoms with Gasteiger partial charge in [-0.05, 0) is 54.7 Å². The van der Waals surface area contributed by atoms with Crippen LogP contribution in [0.4, 0.5) is 18.9 Å². The SMILES string of the molecule is O=C(Nc1c[nH]c2ccc(OC3CC(c4ccc(C(F)(F)F)cc4)C3)cc12)c1cscn1. The summed E-state index contributed by atoms with van der Waals surface area (Å²) in [5.41, 5.74) is 3.73. The molecule has 32 heavy (non-hydrogen) atoms. The fourth-order valence-corrected chi connectivity index (χ4v) is 4.39. The van der Waals surface area contributed by atoms with Crippen molar-refractivity contribution in [3.63, 3.8) is 0 Å². The summed E-state index contributed by atoms with van der Waals surface area (Å²) in [7, 11) is 0. The number of hydrogen-bond donors (Lipinski definition) is 2. The molecule has 2 aromatic carbocycles. The molecule has 0 atom stereocenters. The summed E-state index contributed by atoms with van der Waals surface area (Å²) in [6.45, 7) is 0. The number of alkyl halides is 3. The Bertz CT molecular complexity index is 1240. The van der Waals surface area contributed by atoms with E-state index in [2.05, 4.69) is 15.3 Å². The van der Waals surface area contributed by atoms with E-state index in [9.17, 15) is 18.0 Å². The van der Waals surface area contributed by atoms with Gasteiger partial charge in [0.25, 0.3) is 5.91 Å². The van der Waals surface area contributed by atoms with E-state index < -0.39 is 11.7 Å². The lowest BCUT2D eigenvalue weighted by atomic mass is 9.77. The summed E-state index contributed by atoms with van der Waals surface area (Å²) in [4.78, 5) is 19.4.